The number of hydrogen-bond acceptors (Lipinski definition) is 3. The predicted molar refractivity (Wildman–Crippen MR) is 51.4 cm³/mol. The van der Waals surface area contributed by atoms with Gasteiger partial charge in [-0.25, -0.2) is 0 Å². The quantitative estimate of drug-likeness (QED) is 0.634. The van der Waals surface area contributed by atoms with Gasteiger partial charge in [-0.15, -0.1) is 0 Å². The van der Waals surface area contributed by atoms with Crippen LogP contribution in [0.2, 0.25) is 0 Å². The van der Waals surface area contributed by atoms with E-state index in [1.165, 1.54) is 20.0 Å². The minimum Gasteiger partial charge on any atom is -0.469 e. The maximum Gasteiger partial charge on any atom is 0.309 e. The van der Waals surface area contributed by atoms with Crippen molar-refractivity contribution >= 4 is 5.97 Å². The zero-order valence-electron chi connectivity index (χ0n) is 8.51. The molecule has 1 unspecified atom stereocenters. The van der Waals surface area contributed by atoms with Gasteiger partial charge in [0.15, 0.2) is 0 Å². The molecule has 3 heteroatoms. The fourth-order valence-corrected chi connectivity index (χ4v) is 1.41. The summed E-state index contributed by atoms with van der Waals surface area (Å²) in [4.78, 5) is 11.3. The SMILES string of the molecule is CCCC(CNC1CC1)C(=O)OC. The van der Waals surface area contributed by atoms with Gasteiger partial charge in [-0.3, -0.25) is 4.79 Å². The molecule has 0 aromatic carbocycles. The molecule has 3 nitrogen and oxygen atoms in total. The van der Waals surface area contributed by atoms with E-state index in [0.29, 0.717) is 6.04 Å². The van der Waals surface area contributed by atoms with Crippen LogP contribution in [0.15, 0.2) is 0 Å². The summed E-state index contributed by atoms with van der Waals surface area (Å²) in [7, 11) is 1.46. The van der Waals surface area contributed by atoms with E-state index in [1.807, 2.05) is 0 Å². The van der Waals surface area contributed by atoms with Gasteiger partial charge in [0.05, 0.1) is 13.0 Å². The number of hydrogen-bond donors (Lipinski definition) is 1. The van der Waals surface area contributed by atoms with Crippen molar-refractivity contribution in [3.05, 3.63) is 0 Å². The second-order valence-electron chi connectivity index (χ2n) is 3.69. The first-order chi connectivity index (χ1) is 6.27. The molecule has 0 aliphatic heterocycles. The molecule has 1 atom stereocenters. The molecule has 1 N–H and O–H groups in total. The maximum atomic E-state index is 11.3. The van der Waals surface area contributed by atoms with Crippen LogP contribution >= 0.6 is 0 Å². The third kappa shape index (κ3) is 3.77. The molecule has 1 saturated carbocycles. The van der Waals surface area contributed by atoms with Gasteiger partial charge >= 0.3 is 5.97 Å². The first-order valence-electron chi connectivity index (χ1n) is 5.09. The molecular formula is C10H19NO2. The van der Waals surface area contributed by atoms with Crippen molar-refractivity contribution in [3.8, 4) is 0 Å². The van der Waals surface area contributed by atoms with Crippen LogP contribution in [0.1, 0.15) is 32.6 Å². The predicted octanol–water partition coefficient (Wildman–Crippen LogP) is 1.33. The largest absolute Gasteiger partial charge is 0.469 e. The summed E-state index contributed by atoms with van der Waals surface area (Å²) in [6, 6.07) is 0.670. The normalized spacial score (nSPS) is 18.3. The van der Waals surface area contributed by atoms with Crippen LogP contribution in [-0.2, 0) is 9.53 Å². The first-order valence-corrected chi connectivity index (χ1v) is 5.09. The van der Waals surface area contributed by atoms with Crippen LogP contribution < -0.4 is 5.32 Å². The monoisotopic (exact) mass is 185 g/mol. The van der Waals surface area contributed by atoms with Crippen molar-refractivity contribution in [2.75, 3.05) is 13.7 Å². The van der Waals surface area contributed by atoms with Crippen LogP contribution in [-0.4, -0.2) is 25.7 Å². The molecule has 0 bridgehead atoms. The van der Waals surface area contributed by atoms with Gasteiger partial charge in [0, 0.05) is 12.6 Å². The highest BCUT2D eigenvalue weighted by Crippen LogP contribution is 2.19. The molecule has 1 rings (SSSR count). The number of carbonyl (C=O) groups excluding carboxylic acids is 1. The molecule has 0 heterocycles. The minimum atomic E-state index is -0.0741. The van der Waals surface area contributed by atoms with Crippen molar-refractivity contribution in [3.63, 3.8) is 0 Å². The Hall–Kier alpha value is -0.570. The number of nitrogens with one attached hydrogen (secondary N) is 1. The minimum absolute atomic E-state index is 0.0515. The second-order valence-corrected chi connectivity index (χ2v) is 3.69. The number of rotatable bonds is 6. The van der Waals surface area contributed by atoms with Gasteiger partial charge in [-0.1, -0.05) is 13.3 Å². The smallest absolute Gasteiger partial charge is 0.309 e. The van der Waals surface area contributed by atoms with Gasteiger partial charge < -0.3 is 10.1 Å². The van der Waals surface area contributed by atoms with E-state index >= 15 is 0 Å². The molecule has 0 spiro atoms. The van der Waals surface area contributed by atoms with E-state index < -0.39 is 0 Å². The third-order valence-corrected chi connectivity index (χ3v) is 2.40. The summed E-state index contributed by atoms with van der Waals surface area (Å²) in [6.07, 6.45) is 4.48. The molecule has 0 aromatic rings. The lowest BCUT2D eigenvalue weighted by atomic mass is 10.0. The summed E-state index contributed by atoms with van der Waals surface area (Å²) in [5.74, 6) is -0.0226. The van der Waals surface area contributed by atoms with E-state index in [1.54, 1.807) is 0 Å². The van der Waals surface area contributed by atoms with Gasteiger partial charge in [0.25, 0.3) is 0 Å². The van der Waals surface area contributed by atoms with Gasteiger partial charge in [0.2, 0.25) is 0 Å². The van der Waals surface area contributed by atoms with E-state index in [9.17, 15) is 4.79 Å². The fourth-order valence-electron chi connectivity index (χ4n) is 1.41. The fraction of sp³-hybridized carbons (Fsp3) is 0.900. The number of carbonyl (C=O) groups is 1. The maximum absolute atomic E-state index is 11.3. The second kappa shape index (κ2) is 5.22. The highest BCUT2D eigenvalue weighted by molar-refractivity contribution is 5.72. The Balaban J connectivity index is 2.22. The average Bonchev–Trinajstić information content (AvgIpc) is 2.94. The molecule has 0 aromatic heterocycles. The van der Waals surface area contributed by atoms with Crippen LogP contribution in [0, 0.1) is 5.92 Å². The van der Waals surface area contributed by atoms with Crippen LogP contribution in [0.25, 0.3) is 0 Å². The lowest BCUT2D eigenvalue weighted by Crippen LogP contribution is -2.30. The summed E-state index contributed by atoms with van der Waals surface area (Å²) in [6.45, 7) is 2.87. The lowest BCUT2D eigenvalue weighted by molar-refractivity contribution is -0.145. The van der Waals surface area contributed by atoms with Crippen molar-refractivity contribution in [1.29, 1.82) is 0 Å². The zero-order chi connectivity index (χ0) is 9.68. The van der Waals surface area contributed by atoms with Crippen molar-refractivity contribution < 1.29 is 9.53 Å². The topological polar surface area (TPSA) is 38.3 Å². The number of ether oxygens (including phenoxy) is 1. The Morgan fingerprint density at radius 2 is 2.31 bits per heavy atom. The summed E-state index contributed by atoms with van der Waals surface area (Å²) < 4.78 is 4.74. The Morgan fingerprint density at radius 1 is 1.62 bits per heavy atom. The molecule has 76 valence electrons. The molecule has 0 amide bonds. The molecule has 1 fully saturated rings. The van der Waals surface area contributed by atoms with Gasteiger partial charge in [0.1, 0.15) is 0 Å². The van der Waals surface area contributed by atoms with E-state index in [2.05, 4.69) is 12.2 Å². The Bertz CT molecular complexity index is 166. The van der Waals surface area contributed by atoms with E-state index in [-0.39, 0.29) is 11.9 Å². The van der Waals surface area contributed by atoms with Crippen molar-refractivity contribution in [2.24, 2.45) is 5.92 Å². The average molecular weight is 185 g/mol. The molecule has 0 radical (unpaired) electrons. The Morgan fingerprint density at radius 3 is 2.77 bits per heavy atom. The highest BCUT2D eigenvalue weighted by atomic mass is 16.5. The van der Waals surface area contributed by atoms with Crippen LogP contribution in [0.3, 0.4) is 0 Å². The molecule has 0 saturated heterocycles. The zero-order valence-corrected chi connectivity index (χ0v) is 8.51. The van der Waals surface area contributed by atoms with Gasteiger partial charge in [-0.2, -0.15) is 0 Å². The summed E-state index contributed by atoms with van der Waals surface area (Å²) in [5, 5.41) is 3.36. The Kier molecular flexibility index (Phi) is 4.22. The van der Waals surface area contributed by atoms with Crippen molar-refractivity contribution in [1.82, 2.24) is 5.32 Å². The first kappa shape index (κ1) is 10.5. The summed E-state index contributed by atoms with van der Waals surface area (Å²) in [5.41, 5.74) is 0. The van der Waals surface area contributed by atoms with Crippen LogP contribution in [0.5, 0.6) is 0 Å². The third-order valence-electron chi connectivity index (χ3n) is 2.40. The molecule has 13 heavy (non-hydrogen) atoms. The van der Waals surface area contributed by atoms with Crippen molar-refractivity contribution in [2.45, 2.75) is 38.6 Å². The lowest BCUT2D eigenvalue weighted by Gasteiger charge is -2.13. The number of esters is 1. The van der Waals surface area contributed by atoms with Crippen LogP contribution in [0.4, 0.5) is 0 Å². The highest BCUT2D eigenvalue weighted by Gasteiger charge is 2.24. The van der Waals surface area contributed by atoms with E-state index in [4.69, 9.17) is 4.74 Å². The van der Waals surface area contributed by atoms with E-state index in [0.717, 1.165) is 19.4 Å². The van der Waals surface area contributed by atoms with Gasteiger partial charge in [-0.05, 0) is 19.3 Å². The number of methoxy groups -OCH3 is 1. The molecule has 1 aliphatic carbocycles. The Labute approximate surface area is 79.8 Å². The molecule has 1 aliphatic rings. The standard InChI is InChI=1S/C10H19NO2/c1-3-4-8(10(12)13-2)7-11-9-5-6-9/h8-9,11H,3-7H2,1-2H3. The molecular weight excluding hydrogens is 166 g/mol. The summed E-state index contributed by atoms with van der Waals surface area (Å²) >= 11 is 0.